The van der Waals surface area contributed by atoms with Crippen LogP contribution < -0.4 is 5.73 Å². The van der Waals surface area contributed by atoms with E-state index < -0.39 is 0 Å². The fourth-order valence-electron chi connectivity index (χ4n) is 2.62. The Kier molecular flexibility index (Phi) is 4.09. The summed E-state index contributed by atoms with van der Waals surface area (Å²) in [4.78, 5) is 0. The molecule has 108 valence electrons. The number of benzene rings is 1. The van der Waals surface area contributed by atoms with Crippen LogP contribution in [0.2, 0.25) is 0 Å². The van der Waals surface area contributed by atoms with Gasteiger partial charge < -0.3 is 10.5 Å². The van der Waals surface area contributed by atoms with Crippen molar-refractivity contribution in [1.82, 2.24) is 10.2 Å². The Balaban J connectivity index is 2.80. The molecule has 3 N–H and O–H groups in total. The van der Waals surface area contributed by atoms with E-state index in [4.69, 9.17) is 10.5 Å². The van der Waals surface area contributed by atoms with Crippen molar-refractivity contribution in [2.75, 3.05) is 13.7 Å². The van der Waals surface area contributed by atoms with Gasteiger partial charge >= 0.3 is 0 Å². The Morgan fingerprint density at radius 2 is 2.30 bits per heavy atom. The number of aromatic amines is 1. The highest BCUT2D eigenvalue weighted by molar-refractivity contribution is 5.94. The summed E-state index contributed by atoms with van der Waals surface area (Å²) in [6.45, 7) is 5.96. The van der Waals surface area contributed by atoms with Gasteiger partial charge in [-0.1, -0.05) is 13.0 Å². The largest absolute Gasteiger partial charge is 0.398 e. The molecular formula is C15H20FN3O. The highest BCUT2D eigenvalue weighted by atomic mass is 19.1. The highest BCUT2D eigenvalue weighted by Crippen LogP contribution is 2.34. The number of hydrogen-bond acceptors (Lipinski definition) is 3. The van der Waals surface area contributed by atoms with Crippen molar-refractivity contribution < 1.29 is 9.13 Å². The summed E-state index contributed by atoms with van der Waals surface area (Å²) in [6.07, 6.45) is 3.46. The second-order valence-electron chi connectivity index (χ2n) is 4.99. The second kappa shape index (κ2) is 5.63. The number of hydrogen-bond donors (Lipinski definition) is 2. The van der Waals surface area contributed by atoms with E-state index in [-0.39, 0.29) is 11.7 Å². The van der Waals surface area contributed by atoms with Gasteiger partial charge in [-0.25, -0.2) is 4.39 Å². The zero-order valence-electron chi connectivity index (χ0n) is 12.2. The minimum atomic E-state index is -0.244. The van der Waals surface area contributed by atoms with Crippen molar-refractivity contribution in [2.45, 2.75) is 26.7 Å². The molecule has 1 heterocycles. The first-order valence-electron chi connectivity index (χ1n) is 6.59. The van der Waals surface area contributed by atoms with Crippen molar-refractivity contribution in [3.63, 3.8) is 0 Å². The van der Waals surface area contributed by atoms with Crippen LogP contribution in [0.15, 0.2) is 12.3 Å². The first kappa shape index (κ1) is 14.5. The summed E-state index contributed by atoms with van der Waals surface area (Å²) < 4.78 is 19.9. The average molecular weight is 277 g/mol. The molecule has 5 heteroatoms. The Morgan fingerprint density at radius 3 is 2.90 bits per heavy atom. The van der Waals surface area contributed by atoms with Crippen LogP contribution in [0.4, 0.5) is 4.39 Å². The normalized spacial score (nSPS) is 13.9. The zero-order valence-corrected chi connectivity index (χ0v) is 12.2. The summed E-state index contributed by atoms with van der Waals surface area (Å²) in [7, 11) is 1.61. The number of halogens is 1. The number of nitrogens with two attached hydrogens (primary N) is 1. The molecule has 0 radical (unpaired) electrons. The lowest BCUT2D eigenvalue weighted by atomic mass is 9.91. The van der Waals surface area contributed by atoms with Gasteiger partial charge in [-0.05, 0) is 19.4 Å². The third kappa shape index (κ3) is 2.18. The maximum Gasteiger partial charge on any atom is 0.132 e. The minimum absolute atomic E-state index is 0.0671. The van der Waals surface area contributed by atoms with E-state index in [0.29, 0.717) is 34.5 Å². The number of nitrogens with zero attached hydrogens (tertiary/aromatic N) is 1. The number of ether oxygens (including phenoxy) is 1. The average Bonchev–Trinajstić information content (AvgIpc) is 2.88. The van der Waals surface area contributed by atoms with Crippen molar-refractivity contribution >= 4 is 16.6 Å². The fourth-order valence-corrected chi connectivity index (χ4v) is 2.62. The Labute approximate surface area is 117 Å². The molecule has 4 nitrogen and oxygen atoms in total. The SMILES string of the molecule is C/C=C(\N)c1c(C)c(F)c([C@H](C)COC)c2[nH]ncc12. The monoisotopic (exact) mass is 277 g/mol. The number of nitrogens with one attached hydrogen (secondary N) is 1. The third-order valence-electron chi connectivity index (χ3n) is 3.63. The summed E-state index contributed by atoms with van der Waals surface area (Å²) >= 11 is 0. The quantitative estimate of drug-likeness (QED) is 0.902. The number of fused-ring (bicyclic) bond motifs is 1. The van der Waals surface area contributed by atoms with E-state index in [2.05, 4.69) is 10.2 Å². The van der Waals surface area contributed by atoms with Crippen LogP contribution in [-0.4, -0.2) is 23.9 Å². The van der Waals surface area contributed by atoms with E-state index in [0.717, 1.165) is 5.39 Å². The molecule has 2 rings (SSSR count). The lowest BCUT2D eigenvalue weighted by Gasteiger charge is -2.17. The van der Waals surface area contributed by atoms with Crippen LogP contribution in [0.3, 0.4) is 0 Å². The van der Waals surface area contributed by atoms with Gasteiger partial charge in [0.2, 0.25) is 0 Å². The second-order valence-corrected chi connectivity index (χ2v) is 4.99. The highest BCUT2D eigenvalue weighted by Gasteiger charge is 2.22. The van der Waals surface area contributed by atoms with Crippen LogP contribution in [-0.2, 0) is 4.74 Å². The molecular weight excluding hydrogens is 257 g/mol. The molecule has 0 spiro atoms. The van der Waals surface area contributed by atoms with Gasteiger partial charge in [0, 0.05) is 35.2 Å². The molecule has 20 heavy (non-hydrogen) atoms. The molecule has 0 saturated carbocycles. The molecule has 1 atom stereocenters. The van der Waals surface area contributed by atoms with Crippen LogP contribution in [0.1, 0.15) is 36.5 Å². The predicted octanol–water partition coefficient (Wildman–Crippen LogP) is 3.08. The molecule has 0 aliphatic rings. The maximum absolute atomic E-state index is 14.8. The molecule has 0 fully saturated rings. The van der Waals surface area contributed by atoms with Gasteiger partial charge in [-0.2, -0.15) is 5.10 Å². The third-order valence-corrected chi connectivity index (χ3v) is 3.63. The molecule has 0 saturated heterocycles. The molecule has 0 aliphatic heterocycles. The predicted molar refractivity (Wildman–Crippen MR) is 78.9 cm³/mol. The molecule has 2 aromatic rings. The summed E-state index contributed by atoms with van der Waals surface area (Å²) in [5, 5.41) is 7.78. The molecule has 1 aromatic heterocycles. The summed E-state index contributed by atoms with van der Waals surface area (Å²) in [6, 6.07) is 0. The van der Waals surface area contributed by atoms with E-state index >= 15 is 0 Å². The molecule has 1 aromatic carbocycles. The van der Waals surface area contributed by atoms with E-state index in [1.165, 1.54) is 0 Å². The van der Waals surface area contributed by atoms with Gasteiger partial charge in [-0.3, -0.25) is 5.10 Å². The van der Waals surface area contributed by atoms with Gasteiger partial charge in [0.15, 0.2) is 0 Å². The van der Waals surface area contributed by atoms with Gasteiger partial charge in [0.05, 0.1) is 18.3 Å². The smallest absolute Gasteiger partial charge is 0.132 e. The van der Waals surface area contributed by atoms with Gasteiger partial charge in [0.1, 0.15) is 5.82 Å². The minimum Gasteiger partial charge on any atom is -0.398 e. The summed E-state index contributed by atoms with van der Waals surface area (Å²) in [5.74, 6) is -0.311. The van der Waals surface area contributed by atoms with Crippen LogP contribution >= 0.6 is 0 Å². The molecule has 0 bridgehead atoms. The lowest BCUT2D eigenvalue weighted by molar-refractivity contribution is 0.183. The maximum atomic E-state index is 14.8. The Bertz CT molecular complexity index is 661. The molecule has 0 aliphatic carbocycles. The number of methoxy groups -OCH3 is 1. The molecule has 0 amide bonds. The lowest BCUT2D eigenvalue weighted by Crippen LogP contribution is -2.10. The van der Waals surface area contributed by atoms with Crippen molar-refractivity contribution in [3.8, 4) is 0 Å². The topological polar surface area (TPSA) is 63.9 Å². The van der Waals surface area contributed by atoms with Gasteiger partial charge in [0.25, 0.3) is 0 Å². The summed E-state index contributed by atoms with van der Waals surface area (Å²) in [5.41, 5.74) is 9.11. The number of rotatable bonds is 4. The number of H-pyrrole nitrogens is 1. The molecule has 0 unspecified atom stereocenters. The fraction of sp³-hybridized carbons (Fsp3) is 0.400. The standard InChI is InChI=1S/C15H20FN3O/c1-5-11(17)13-9(3)14(16)12(8(2)7-20-4)15-10(13)6-18-19-15/h5-6,8H,7,17H2,1-4H3,(H,18,19)/b11-5-/t8-/m1/s1. The van der Waals surface area contributed by atoms with Crippen LogP contribution in [0.5, 0.6) is 0 Å². The van der Waals surface area contributed by atoms with Crippen molar-refractivity contribution in [3.05, 3.63) is 34.8 Å². The van der Waals surface area contributed by atoms with E-state index in [9.17, 15) is 4.39 Å². The van der Waals surface area contributed by atoms with E-state index in [1.54, 1.807) is 26.3 Å². The van der Waals surface area contributed by atoms with Crippen molar-refractivity contribution in [2.24, 2.45) is 5.73 Å². The number of allylic oxidation sites excluding steroid dienone is 1. The van der Waals surface area contributed by atoms with Crippen LogP contribution in [0, 0.1) is 12.7 Å². The van der Waals surface area contributed by atoms with Crippen LogP contribution in [0.25, 0.3) is 16.6 Å². The Hall–Kier alpha value is -1.88. The Morgan fingerprint density at radius 1 is 1.60 bits per heavy atom. The first-order chi connectivity index (χ1) is 9.52. The number of aromatic nitrogens is 2. The first-order valence-corrected chi connectivity index (χ1v) is 6.59. The van der Waals surface area contributed by atoms with E-state index in [1.807, 2.05) is 13.8 Å². The van der Waals surface area contributed by atoms with Gasteiger partial charge in [-0.15, -0.1) is 0 Å². The van der Waals surface area contributed by atoms with Crippen molar-refractivity contribution in [1.29, 1.82) is 0 Å². The zero-order chi connectivity index (χ0) is 14.9.